The fraction of sp³-hybridized carbons (Fsp3) is 0.0345. The Morgan fingerprint density at radius 2 is 1.30 bits per heavy atom. The monoisotopic (exact) mass is 491 g/mol. The molecule has 2 aromatic heterocycles. The van der Waals surface area contributed by atoms with Gasteiger partial charge < -0.3 is 21.4 Å². The van der Waals surface area contributed by atoms with Crippen LogP contribution in [0.4, 0.5) is 11.5 Å². The predicted molar refractivity (Wildman–Crippen MR) is 132 cm³/mol. The van der Waals surface area contributed by atoms with Crippen LogP contribution in [0.1, 0.15) is 11.1 Å². The molecule has 3 nitrogen and oxygen atoms in total. The number of aromatic nitrogens is 1. The van der Waals surface area contributed by atoms with Crippen molar-refractivity contribution < 1.29 is 21.6 Å². The predicted octanol–water partition coefficient (Wildman–Crippen LogP) is 3.51. The van der Waals surface area contributed by atoms with Gasteiger partial charge in [-0.05, 0) is 42.0 Å². The third kappa shape index (κ3) is 3.53. The van der Waals surface area contributed by atoms with Gasteiger partial charge >= 0.3 is 0 Å². The molecule has 0 spiro atoms. The molecule has 0 fully saturated rings. The molecule has 0 atom stereocenters. The van der Waals surface area contributed by atoms with E-state index in [2.05, 4.69) is 125 Å². The first-order valence-electron chi connectivity index (χ1n) is 10.8. The second-order valence-electron chi connectivity index (χ2n) is 7.99. The molecule has 0 bridgehead atoms. The van der Waals surface area contributed by atoms with Gasteiger partial charge in [0.2, 0.25) is 11.4 Å². The van der Waals surface area contributed by atoms with E-state index in [9.17, 15) is 0 Å². The summed E-state index contributed by atoms with van der Waals surface area (Å²) in [4.78, 5) is 5.37. The minimum absolute atomic E-state index is 0. The van der Waals surface area contributed by atoms with Crippen LogP contribution >= 0.6 is 0 Å². The number of aliphatic imine (C=N–C) groups is 1. The van der Waals surface area contributed by atoms with E-state index in [0.29, 0.717) is 0 Å². The molecular weight excluding hydrogens is 470 g/mol. The maximum Gasteiger partial charge on any atom is 0.239 e. The Hall–Kier alpha value is -3.76. The lowest BCUT2D eigenvalue weighted by atomic mass is 10.0. The molecule has 0 unspecified atom stereocenters. The topological polar surface area (TPSA) is 19.8 Å². The third-order valence-electron chi connectivity index (χ3n) is 6.08. The van der Waals surface area contributed by atoms with Gasteiger partial charge in [0.1, 0.15) is 12.9 Å². The quantitative estimate of drug-likeness (QED) is 0.344. The largest absolute Gasteiger partial charge is 1.00 e. The van der Waals surface area contributed by atoms with Crippen LogP contribution in [0.15, 0.2) is 120 Å². The highest BCUT2D eigenvalue weighted by atomic mass is 79.9. The van der Waals surface area contributed by atoms with Crippen LogP contribution < -0.4 is 17.0 Å². The van der Waals surface area contributed by atoms with Gasteiger partial charge in [0.25, 0.3) is 0 Å². The van der Waals surface area contributed by atoms with Crippen molar-refractivity contribution in [2.75, 3.05) is 7.05 Å². The zero-order valence-electron chi connectivity index (χ0n) is 18.2. The van der Waals surface area contributed by atoms with Gasteiger partial charge in [-0.2, -0.15) is 4.58 Å². The van der Waals surface area contributed by atoms with Gasteiger partial charge in [0.05, 0.1) is 5.56 Å². The van der Waals surface area contributed by atoms with Gasteiger partial charge in [0, 0.05) is 28.9 Å². The number of benzene rings is 3. The van der Waals surface area contributed by atoms with Crippen molar-refractivity contribution in [3.8, 4) is 11.1 Å². The van der Waals surface area contributed by atoms with Crippen molar-refractivity contribution in [3.63, 3.8) is 0 Å². The van der Waals surface area contributed by atoms with Crippen LogP contribution in [0.5, 0.6) is 0 Å². The van der Waals surface area contributed by atoms with Crippen LogP contribution in [0.2, 0.25) is 0 Å². The first-order valence-corrected chi connectivity index (χ1v) is 10.8. The van der Waals surface area contributed by atoms with E-state index < -0.39 is 0 Å². The Morgan fingerprint density at radius 1 is 0.667 bits per heavy atom. The van der Waals surface area contributed by atoms with E-state index >= 15 is 0 Å². The Kier molecular flexibility index (Phi) is 5.53. The lowest BCUT2D eigenvalue weighted by molar-refractivity contribution is -0.399. The average molecular weight is 492 g/mol. The van der Waals surface area contributed by atoms with Crippen LogP contribution in [-0.4, -0.2) is 27.4 Å². The number of rotatable bonds is 3. The normalized spacial score (nSPS) is 13.9. The Bertz CT molecular complexity index is 1510. The maximum absolute atomic E-state index is 5.37. The molecule has 6 rings (SSSR count). The zero-order valence-corrected chi connectivity index (χ0v) is 19.8. The molecule has 0 radical (unpaired) electrons. The van der Waals surface area contributed by atoms with Gasteiger partial charge in [-0.1, -0.05) is 66.7 Å². The minimum atomic E-state index is 0. The number of pyridine rings is 1. The maximum atomic E-state index is 5.37. The molecule has 1 aliphatic heterocycles. The minimum Gasteiger partial charge on any atom is -1.00 e. The van der Waals surface area contributed by atoms with Crippen LogP contribution in [0.3, 0.4) is 0 Å². The van der Waals surface area contributed by atoms with E-state index in [1.54, 1.807) is 0 Å². The van der Waals surface area contributed by atoms with Crippen molar-refractivity contribution in [1.29, 1.82) is 0 Å². The second-order valence-corrected chi connectivity index (χ2v) is 7.99. The smallest absolute Gasteiger partial charge is 0.239 e. The summed E-state index contributed by atoms with van der Waals surface area (Å²) >= 11 is 0. The second kappa shape index (κ2) is 8.64. The van der Waals surface area contributed by atoms with E-state index in [0.717, 1.165) is 45.0 Å². The molecule has 160 valence electrons. The van der Waals surface area contributed by atoms with Crippen LogP contribution in [-0.2, 0) is 0 Å². The molecule has 4 heteroatoms. The van der Waals surface area contributed by atoms with Gasteiger partial charge in [-0.25, -0.2) is 4.99 Å². The first kappa shape index (κ1) is 21.1. The highest BCUT2D eigenvalue weighted by Crippen LogP contribution is 2.36. The SMILES string of the molecule is C[N+]1=C(c2ccccc2)C(=Nc2c(-c3ccccc3)cc3ccccn23)c2ccccc21.[Br-]. The summed E-state index contributed by atoms with van der Waals surface area (Å²) in [7, 11) is 2.12. The summed E-state index contributed by atoms with van der Waals surface area (Å²) in [5.74, 6) is 0.945. The van der Waals surface area contributed by atoms with E-state index in [-0.39, 0.29) is 17.0 Å². The van der Waals surface area contributed by atoms with Gasteiger partial charge in [-0.3, -0.25) is 0 Å². The van der Waals surface area contributed by atoms with Crippen LogP contribution in [0, 0.1) is 0 Å². The highest BCUT2D eigenvalue weighted by Gasteiger charge is 2.35. The van der Waals surface area contributed by atoms with Gasteiger partial charge in [-0.15, -0.1) is 0 Å². The number of hydrogen-bond donors (Lipinski definition) is 0. The third-order valence-corrected chi connectivity index (χ3v) is 6.08. The molecule has 3 heterocycles. The lowest BCUT2D eigenvalue weighted by Crippen LogP contribution is -3.00. The summed E-state index contributed by atoms with van der Waals surface area (Å²) in [6, 6.07) is 38.0. The molecule has 0 amide bonds. The summed E-state index contributed by atoms with van der Waals surface area (Å²) < 4.78 is 4.43. The van der Waals surface area contributed by atoms with Crippen LogP contribution in [0.25, 0.3) is 16.6 Å². The molecule has 5 aromatic rings. The zero-order chi connectivity index (χ0) is 21.5. The Labute approximate surface area is 203 Å². The summed E-state index contributed by atoms with van der Waals surface area (Å²) in [6.07, 6.45) is 2.09. The Balaban J connectivity index is 0.00000228. The number of para-hydroxylation sites is 1. The average Bonchev–Trinajstić information content (AvgIpc) is 3.36. The summed E-state index contributed by atoms with van der Waals surface area (Å²) in [5.41, 5.74) is 9.02. The highest BCUT2D eigenvalue weighted by molar-refractivity contribution is 6.54. The molecule has 0 N–H and O–H groups in total. The summed E-state index contributed by atoms with van der Waals surface area (Å²) in [5, 5.41) is 0. The van der Waals surface area contributed by atoms with Crippen molar-refractivity contribution in [3.05, 3.63) is 127 Å². The molecule has 3 aromatic carbocycles. The van der Waals surface area contributed by atoms with E-state index in [1.165, 1.54) is 5.69 Å². The fourth-order valence-corrected chi connectivity index (χ4v) is 4.57. The number of halogens is 1. The van der Waals surface area contributed by atoms with Crippen molar-refractivity contribution >= 4 is 28.4 Å². The fourth-order valence-electron chi connectivity index (χ4n) is 4.57. The van der Waals surface area contributed by atoms with Crippen molar-refractivity contribution in [2.45, 2.75) is 0 Å². The molecular formula is C29H22BrN3. The lowest BCUT2D eigenvalue weighted by Gasteiger charge is -2.05. The molecule has 1 aliphatic rings. The molecule has 0 saturated heterocycles. The molecule has 0 aliphatic carbocycles. The van der Waals surface area contributed by atoms with Crippen molar-refractivity contribution in [2.24, 2.45) is 4.99 Å². The Morgan fingerprint density at radius 3 is 2.06 bits per heavy atom. The molecule has 33 heavy (non-hydrogen) atoms. The number of fused-ring (bicyclic) bond motifs is 2. The van der Waals surface area contributed by atoms with Gasteiger partial charge in [0.15, 0.2) is 5.71 Å². The first-order chi connectivity index (χ1) is 15.8. The number of hydrogen-bond acceptors (Lipinski definition) is 1. The van der Waals surface area contributed by atoms with E-state index in [1.807, 2.05) is 6.07 Å². The van der Waals surface area contributed by atoms with E-state index in [4.69, 9.17) is 4.99 Å². The standard InChI is InChI=1S/C29H22N3.BrH/c1-31-26-18-9-8-17-24(26)27(28(31)22-14-6-3-7-15-22)30-29-25(21-12-4-2-5-13-21)20-23-16-10-11-19-32(23)29;/h2-20H,1H3;1H/q+1;/p-1. The summed E-state index contributed by atoms with van der Waals surface area (Å²) in [6.45, 7) is 0. The number of nitrogens with zero attached hydrogens (tertiary/aromatic N) is 3. The molecule has 0 saturated carbocycles. The van der Waals surface area contributed by atoms with Crippen molar-refractivity contribution in [1.82, 2.24) is 4.40 Å².